The first kappa shape index (κ1) is 35.0. The van der Waals surface area contributed by atoms with Crippen molar-refractivity contribution >= 4 is 23.6 Å². The maximum atomic E-state index is 12.1. The lowest BCUT2D eigenvalue weighted by Gasteiger charge is -2.21. The molecular weight excluding hydrogens is 484 g/mol. The van der Waals surface area contributed by atoms with Crippen LogP contribution in [0.15, 0.2) is 35.5 Å². The van der Waals surface area contributed by atoms with Gasteiger partial charge in [0.15, 0.2) is 0 Å². The fourth-order valence-corrected chi connectivity index (χ4v) is 3.29. The maximum Gasteiger partial charge on any atom is 0.240 e. The molecule has 0 radical (unpaired) electrons. The lowest BCUT2D eigenvalue weighted by molar-refractivity contribution is -0.136. The van der Waals surface area contributed by atoms with Crippen molar-refractivity contribution in [2.75, 3.05) is 46.4 Å². The summed E-state index contributed by atoms with van der Waals surface area (Å²) < 4.78 is 5.44. The van der Waals surface area contributed by atoms with Crippen molar-refractivity contribution in [1.29, 1.82) is 5.41 Å². The third kappa shape index (κ3) is 18.3. The summed E-state index contributed by atoms with van der Waals surface area (Å²) in [7, 11) is 1.57. The largest absolute Gasteiger partial charge is 0.384 e. The smallest absolute Gasteiger partial charge is 0.240 e. The van der Waals surface area contributed by atoms with Crippen LogP contribution in [0.25, 0.3) is 0 Å². The SMILES string of the molecule is CC1=CCC=C(C(=N)N)C=C1.CC1NCCCOCCCNC(=O)CNC(=O)CN(C)C1=O.CCCCC. The van der Waals surface area contributed by atoms with Gasteiger partial charge in [-0.2, -0.15) is 0 Å². The van der Waals surface area contributed by atoms with Gasteiger partial charge in [0.1, 0.15) is 5.84 Å². The Hall–Kier alpha value is -2.98. The van der Waals surface area contributed by atoms with Gasteiger partial charge >= 0.3 is 0 Å². The Morgan fingerprint density at radius 2 is 1.71 bits per heavy atom. The summed E-state index contributed by atoms with van der Waals surface area (Å²) in [6, 6.07) is -0.364. The number of hydrogen-bond acceptors (Lipinski definition) is 6. The molecule has 216 valence electrons. The molecule has 1 aliphatic carbocycles. The first-order chi connectivity index (χ1) is 18.1. The van der Waals surface area contributed by atoms with Crippen LogP contribution >= 0.6 is 0 Å². The Labute approximate surface area is 229 Å². The quantitative estimate of drug-likeness (QED) is 0.277. The zero-order valence-corrected chi connectivity index (χ0v) is 24.0. The zero-order valence-electron chi connectivity index (χ0n) is 24.0. The summed E-state index contributed by atoms with van der Waals surface area (Å²) in [6.07, 6.45) is 14.4. The molecule has 3 amide bonds. The molecule has 1 heterocycles. The van der Waals surface area contributed by atoms with Gasteiger partial charge in [-0.25, -0.2) is 0 Å². The van der Waals surface area contributed by atoms with Crippen LogP contribution in [0.5, 0.6) is 0 Å². The van der Waals surface area contributed by atoms with E-state index < -0.39 is 0 Å². The summed E-state index contributed by atoms with van der Waals surface area (Å²) in [5.41, 5.74) is 7.36. The molecule has 0 aromatic carbocycles. The number of unbranched alkanes of at least 4 members (excludes halogenated alkanes) is 2. The highest BCUT2D eigenvalue weighted by atomic mass is 16.5. The van der Waals surface area contributed by atoms with E-state index in [1.807, 2.05) is 25.2 Å². The molecule has 0 aromatic heterocycles. The summed E-state index contributed by atoms with van der Waals surface area (Å²) in [6.45, 7) is 10.4. The average molecular weight is 535 g/mol. The Morgan fingerprint density at radius 3 is 2.32 bits per heavy atom. The highest BCUT2D eigenvalue weighted by molar-refractivity contribution is 5.97. The second-order valence-electron chi connectivity index (χ2n) is 9.26. The van der Waals surface area contributed by atoms with Crippen molar-refractivity contribution in [3.63, 3.8) is 0 Å². The summed E-state index contributed by atoms with van der Waals surface area (Å²) in [5.74, 6) is -0.623. The van der Waals surface area contributed by atoms with Crippen LogP contribution in [-0.2, 0) is 19.1 Å². The molecule has 38 heavy (non-hydrogen) atoms. The summed E-state index contributed by atoms with van der Waals surface area (Å²) in [4.78, 5) is 36.7. The molecule has 1 unspecified atom stereocenters. The number of hydrogen-bond donors (Lipinski definition) is 5. The molecule has 0 aromatic rings. The molecule has 1 saturated heterocycles. The molecule has 1 fully saturated rings. The number of likely N-dealkylation sites (N-methyl/N-ethyl adjacent to an activating group) is 1. The van der Waals surface area contributed by atoms with E-state index in [0.717, 1.165) is 24.8 Å². The molecular formula is C28H50N6O4. The van der Waals surface area contributed by atoms with Crippen molar-refractivity contribution < 1.29 is 19.1 Å². The van der Waals surface area contributed by atoms with Gasteiger partial charge in [0.05, 0.1) is 19.1 Å². The molecule has 0 saturated carbocycles. The van der Waals surface area contributed by atoms with Crippen LogP contribution in [-0.4, -0.2) is 80.9 Å². The van der Waals surface area contributed by atoms with Gasteiger partial charge in [0.2, 0.25) is 17.7 Å². The van der Waals surface area contributed by atoms with Crippen LogP contribution in [0.2, 0.25) is 0 Å². The van der Waals surface area contributed by atoms with Crippen molar-refractivity contribution in [2.24, 2.45) is 5.73 Å². The van der Waals surface area contributed by atoms with Crippen LogP contribution in [0, 0.1) is 5.41 Å². The van der Waals surface area contributed by atoms with E-state index in [9.17, 15) is 14.4 Å². The number of carbonyl (C=O) groups excluding carboxylic acids is 3. The van der Waals surface area contributed by atoms with Crippen molar-refractivity contribution in [3.05, 3.63) is 35.5 Å². The number of ether oxygens (including phenoxy) is 1. The average Bonchev–Trinajstić information content (AvgIpc) is 3.11. The minimum Gasteiger partial charge on any atom is -0.384 e. The van der Waals surface area contributed by atoms with Gasteiger partial charge in [-0.1, -0.05) is 63.0 Å². The highest BCUT2D eigenvalue weighted by Gasteiger charge is 2.19. The second-order valence-corrected chi connectivity index (χ2v) is 9.26. The number of nitrogens with one attached hydrogen (secondary N) is 4. The Balaban J connectivity index is 0.000000704. The lowest BCUT2D eigenvalue weighted by atomic mass is 10.2. The van der Waals surface area contributed by atoms with Crippen molar-refractivity contribution in [2.45, 2.75) is 72.3 Å². The van der Waals surface area contributed by atoms with E-state index in [-0.39, 0.29) is 42.7 Å². The molecule has 1 aliphatic heterocycles. The van der Waals surface area contributed by atoms with Gasteiger partial charge in [0.25, 0.3) is 0 Å². The van der Waals surface area contributed by atoms with Crippen LogP contribution in [0.3, 0.4) is 0 Å². The van der Waals surface area contributed by atoms with Gasteiger partial charge in [-0.15, -0.1) is 0 Å². The standard InChI is InChI=1S/C14H26N4O4.C9H12N2.C5H12/c1-11-14(21)18(2)10-13(20)17-9-12(19)16-6-4-8-22-7-3-5-15-11;1-7-3-2-4-8(6-5-7)9(10)11;1-3-5-4-2/h11,15H,3-10H2,1-2H3,(H,16,19)(H,17,20);3-6H,2H2,1H3,(H3,10,11);3-5H2,1-2H3. The fraction of sp³-hybridized carbons (Fsp3) is 0.643. The van der Waals surface area contributed by atoms with Crippen LogP contribution < -0.4 is 21.7 Å². The highest BCUT2D eigenvalue weighted by Crippen LogP contribution is 2.09. The summed E-state index contributed by atoms with van der Waals surface area (Å²) >= 11 is 0. The second kappa shape index (κ2) is 22.0. The molecule has 10 nitrogen and oxygen atoms in total. The van der Waals surface area contributed by atoms with Crippen LogP contribution in [0.4, 0.5) is 0 Å². The predicted molar refractivity (Wildman–Crippen MR) is 154 cm³/mol. The van der Waals surface area contributed by atoms with E-state index in [0.29, 0.717) is 26.3 Å². The molecule has 0 spiro atoms. The third-order valence-corrected chi connectivity index (χ3v) is 5.60. The topological polar surface area (TPSA) is 150 Å². The van der Waals surface area contributed by atoms with Crippen molar-refractivity contribution in [3.8, 4) is 0 Å². The number of carbonyl (C=O) groups is 3. The molecule has 2 rings (SSSR count). The Morgan fingerprint density at radius 1 is 1.05 bits per heavy atom. The molecule has 2 aliphatic rings. The van der Waals surface area contributed by atoms with E-state index in [2.05, 4.69) is 35.9 Å². The van der Waals surface area contributed by atoms with Gasteiger partial charge in [0, 0.05) is 32.4 Å². The number of nitrogens with two attached hydrogens (primary N) is 1. The van der Waals surface area contributed by atoms with E-state index in [1.54, 1.807) is 14.0 Å². The van der Waals surface area contributed by atoms with Gasteiger partial charge in [-0.05, 0) is 39.7 Å². The lowest BCUT2D eigenvalue weighted by Crippen LogP contribution is -2.48. The van der Waals surface area contributed by atoms with Crippen molar-refractivity contribution in [1.82, 2.24) is 20.9 Å². The minimum absolute atomic E-state index is 0.0682. The zero-order chi connectivity index (χ0) is 28.8. The third-order valence-electron chi connectivity index (χ3n) is 5.60. The first-order valence-corrected chi connectivity index (χ1v) is 13.6. The van der Waals surface area contributed by atoms with E-state index in [4.69, 9.17) is 15.9 Å². The Kier molecular flexibility index (Phi) is 20.3. The van der Waals surface area contributed by atoms with Gasteiger partial charge in [-0.3, -0.25) is 19.8 Å². The minimum atomic E-state index is -0.364. The maximum absolute atomic E-state index is 12.1. The predicted octanol–water partition coefficient (Wildman–Crippen LogP) is 2.42. The molecule has 0 bridgehead atoms. The molecule has 10 heteroatoms. The first-order valence-electron chi connectivity index (χ1n) is 13.6. The number of amidine groups is 1. The molecule has 6 N–H and O–H groups in total. The normalized spacial score (nSPS) is 20.1. The van der Waals surface area contributed by atoms with Crippen LogP contribution in [0.1, 0.15) is 66.2 Å². The summed E-state index contributed by atoms with van der Waals surface area (Å²) in [5, 5.41) is 15.5. The molecule has 1 atom stereocenters. The monoisotopic (exact) mass is 534 g/mol. The van der Waals surface area contributed by atoms with E-state index in [1.165, 1.54) is 29.7 Å². The van der Waals surface area contributed by atoms with E-state index >= 15 is 0 Å². The van der Waals surface area contributed by atoms with Gasteiger partial charge < -0.3 is 31.3 Å². The number of rotatable bonds is 3. The fourth-order valence-electron chi connectivity index (χ4n) is 3.29. The Bertz CT molecular complexity index is 820. The number of allylic oxidation sites excluding steroid dienone is 4. The number of nitrogens with zero attached hydrogens (tertiary/aromatic N) is 1. The number of amides is 3.